The zero-order valence-electron chi connectivity index (χ0n) is 13.1. The molecule has 1 aromatic rings. The molecule has 0 unspecified atom stereocenters. The highest BCUT2D eigenvalue weighted by molar-refractivity contribution is 7.89. The van der Waals surface area contributed by atoms with E-state index in [0.717, 1.165) is 24.3 Å². The molecule has 0 saturated carbocycles. The van der Waals surface area contributed by atoms with Gasteiger partial charge in [0.2, 0.25) is 10.0 Å². The molecule has 0 amide bonds. The molecule has 0 radical (unpaired) electrons. The lowest BCUT2D eigenvalue weighted by Gasteiger charge is -2.35. The largest absolute Gasteiger partial charge is 0.409 e. The summed E-state index contributed by atoms with van der Waals surface area (Å²) in [5.41, 5.74) is -0.304. The van der Waals surface area contributed by atoms with Crippen LogP contribution >= 0.6 is 0 Å². The van der Waals surface area contributed by atoms with E-state index in [4.69, 9.17) is 4.74 Å². The third-order valence-electron chi connectivity index (χ3n) is 4.01. The number of alkyl halides is 3. The third kappa shape index (κ3) is 4.07. The summed E-state index contributed by atoms with van der Waals surface area (Å²) >= 11 is 0. The van der Waals surface area contributed by atoms with Crippen LogP contribution < -0.4 is 0 Å². The standard InChI is InChI=1S/C15H19F4NO3S/c1-2-20(24(21,22)13-7-9-23-10-8-13)14(15(17,18)19)11-3-5-12(16)6-4-11/h3-6,13-14H,2,7-10H2,1H3/t14-/m0/s1. The SMILES string of the molecule is CCN([C@@H](c1ccc(F)cc1)C(F)(F)F)S(=O)(=O)C1CCOCC1. The quantitative estimate of drug-likeness (QED) is 0.749. The predicted molar refractivity (Wildman–Crippen MR) is 80.3 cm³/mol. The van der Waals surface area contributed by atoms with E-state index in [2.05, 4.69) is 0 Å². The van der Waals surface area contributed by atoms with Gasteiger partial charge in [0.1, 0.15) is 11.9 Å². The molecular weight excluding hydrogens is 350 g/mol. The molecule has 1 aliphatic heterocycles. The highest BCUT2D eigenvalue weighted by Crippen LogP contribution is 2.40. The van der Waals surface area contributed by atoms with Crippen LogP contribution in [0.15, 0.2) is 24.3 Å². The maximum absolute atomic E-state index is 13.6. The van der Waals surface area contributed by atoms with Crippen molar-refractivity contribution in [3.63, 3.8) is 0 Å². The molecule has 0 aliphatic carbocycles. The molecule has 1 heterocycles. The van der Waals surface area contributed by atoms with Gasteiger partial charge in [0.15, 0.2) is 0 Å². The summed E-state index contributed by atoms with van der Waals surface area (Å²) in [5.74, 6) is -0.685. The van der Waals surface area contributed by atoms with Gasteiger partial charge in [-0.1, -0.05) is 19.1 Å². The predicted octanol–water partition coefficient (Wildman–Crippen LogP) is 3.26. The number of nitrogens with zero attached hydrogens (tertiary/aromatic N) is 1. The summed E-state index contributed by atoms with van der Waals surface area (Å²) in [6, 6.07) is 1.38. The van der Waals surface area contributed by atoms with Crippen LogP contribution in [0.25, 0.3) is 0 Å². The molecule has 1 aromatic carbocycles. The van der Waals surface area contributed by atoms with Gasteiger partial charge in [0.25, 0.3) is 0 Å². The lowest BCUT2D eigenvalue weighted by molar-refractivity contribution is -0.173. The van der Waals surface area contributed by atoms with E-state index in [9.17, 15) is 26.0 Å². The Morgan fingerprint density at radius 1 is 1.21 bits per heavy atom. The fourth-order valence-electron chi connectivity index (χ4n) is 2.84. The van der Waals surface area contributed by atoms with Gasteiger partial charge in [0.05, 0.1) is 5.25 Å². The van der Waals surface area contributed by atoms with Crippen molar-refractivity contribution in [3.05, 3.63) is 35.6 Å². The van der Waals surface area contributed by atoms with Crippen LogP contribution in [-0.2, 0) is 14.8 Å². The Bertz CT molecular complexity index is 640. The number of sulfonamides is 1. The summed E-state index contributed by atoms with van der Waals surface area (Å²) in [6.45, 7) is 1.43. The fraction of sp³-hybridized carbons (Fsp3) is 0.600. The van der Waals surface area contributed by atoms with E-state index in [1.54, 1.807) is 0 Å². The molecule has 136 valence electrons. The van der Waals surface area contributed by atoms with E-state index in [1.807, 2.05) is 0 Å². The zero-order valence-corrected chi connectivity index (χ0v) is 13.9. The first kappa shape index (κ1) is 19.1. The van der Waals surface area contributed by atoms with Gasteiger partial charge < -0.3 is 4.74 Å². The number of hydrogen-bond acceptors (Lipinski definition) is 3. The van der Waals surface area contributed by atoms with E-state index in [-0.39, 0.29) is 38.2 Å². The van der Waals surface area contributed by atoms with Gasteiger partial charge in [-0.15, -0.1) is 0 Å². The fourth-order valence-corrected chi connectivity index (χ4v) is 4.90. The lowest BCUT2D eigenvalue weighted by atomic mass is 10.1. The summed E-state index contributed by atoms with van der Waals surface area (Å²) in [6.07, 6.45) is -4.49. The van der Waals surface area contributed by atoms with Crippen LogP contribution in [-0.4, -0.2) is 43.9 Å². The van der Waals surface area contributed by atoms with E-state index in [0.29, 0.717) is 4.31 Å². The summed E-state index contributed by atoms with van der Waals surface area (Å²) in [4.78, 5) is 0. The second-order valence-corrected chi connectivity index (χ2v) is 7.72. The first-order valence-electron chi connectivity index (χ1n) is 7.58. The topological polar surface area (TPSA) is 46.6 Å². The van der Waals surface area contributed by atoms with E-state index in [1.165, 1.54) is 6.92 Å². The number of hydrogen-bond donors (Lipinski definition) is 0. The monoisotopic (exact) mass is 369 g/mol. The molecule has 2 rings (SSSR count). The van der Waals surface area contributed by atoms with Gasteiger partial charge in [-0.3, -0.25) is 0 Å². The van der Waals surface area contributed by atoms with Crippen LogP contribution in [0, 0.1) is 5.82 Å². The van der Waals surface area contributed by atoms with Crippen LogP contribution in [0.5, 0.6) is 0 Å². The van der Waals surface area contributed by atoms with Crippen LogP contribution in [0.3, 0.4) is 0 Å². The highest BCUT2D eigenvalue weighted by atomic mass is 32.2. The number of halogens is 4. The molecule has 0 bridgehead atoms. The molecule has 0 aromatic heterocycles. The Kier molecular flexibility index (Phi) is 5.87. The maximum Gasteiger partial charge on any atom is 0.409 e. The Morgan fingerprint density at radius 3 is 2.21 bits per heavy atom. The summed E-state index contributed by atoms with van der Waals surface area (Å²) < 4.78 is 84.9. The zero-order chi connectivity index (χ0) is 18.0. The van der Waals surface area contributed by atoms with Gasteiger partial charge >= 0.3 is 6.18 Å². The van der Waals surface area contributed by atoms with Crippen molar-refractivity contribution < 1.29 is 30.7 Å². The van der Waals surface area contributed by atoms with Crippen molar-refractivity contribution in [1.29, 1.82) is 0 Å². The van der Waals surface area contributed by atoms with Crippen LogP contribution in [0.1, 0.15) is 31.4 Å². The Morgan fingerprint density at radius 2 is 1.75 bits per heavy atom. The smallest absolute Gasteiger partial charge is 0.381 e. The summed E-state index contributed by atoms with van der Waals surface area (Å²) in [5, 5.41) is -0.906. The van der Waals surface area contributed by atoms with E-state index < -0.39 is 33.3 Å². The molecule has 1 atom stereocenters. The molecule has 0 spiro atoms. The average molecular weight is 369 g/mol. The van der Waals surface area contributed by atoms with Gasteiger partial charge in [-0.05, 0) is 30.5 Å². The van der Waals surface area contributed by atoms with Gasteiger partial charge in [-0.25, -0.2) is 12.8 Å². The molecule has 1 saturated heterocycles. The van der Waals surface area contributed by atoms with Crippen molar-refractivity contribution in [2.75, 3.05) is 19.8 Å². The maximum atomic E-state index is 13.6. The minimum Gasteiger partial charge on any atom is -0.381 e. The number of rotatable bonds is 5. The lowest BCUT2D eigenvalue weighted by Crippen LogP contribution is -2.47. The normalized spacial score (nSPS) is 18.8. The molecular formula is C15H19F4NO3S. The molecule has 1 fully saturated rings. The Balaban J connectivity index is 2.43. The van der Waals surface area contributed by atoms with Crippen molar-refractivity contribution in [1.82, 2.24) is 4.31 Å². The first-order valence-corrected chi connectivity index (χ1v) is 9.08. The highest BCUT2D eigenvalue weighted by Gasteiger charge is 2.50. The Labute approximate surface area is 138 Å². The van der Waals surface area contributed by atoms with Gasteiger partial charge in [-0.2, -0.15) is 17.5 Å². The van der Waals surface area contributed by atoms with Crippen molar-refractivity contribution in [2.45, 2.75) is 37.2 Å². The van der Waals surface area contributed by atoms with Gasteiger partial charge in [0, 0.05) is 19.8 Å². The van der Waals surface area contributed by atoms with Crippen molar-refractivity contribution in [3.8, 4) is 0 Å². The average Bonchev–Trinajstić information content (AvgIpc) is 2.53. The Hall–Kier alpha value is -1.19. The number of ether oxygens (including phenoxy) is 1. The third-order valence-corrected chi connectivity index (χ3v) is 6.45. The minimum atomic E-state index is -4.81. The first-order chi connectivity index (χ1) is 11.2. The van der Waals surface area contributed by atoms with Crippen LogP contribution in [0.4, 0.5) is 17.6 Å². The molecule has 4 nitrogen and oxygen atoms in total. The minimum absolute atomic E-state index is 0.160. The van der Waals surface area contributed by atoms with Crippen molar-refractivity contribution >= 4 is 10.0 Å². The molecule has 9 heteroatoms. The number of benzene rings is 1. The van der Waals surface area contributed by atoms with Crippen molar-refractivity contribution in [2.24, 2.45) is 0 Å². The second kappa shape index (κ2) is 7.37. The summed E-state index contributed by atoms with van der Waals surface area (Å²) in [7, 11) is -4.18. The van der Waals surface area contributed by atoms with Crippen LogP contribution in [0.2, 0.25) is 0 Å². The molecule has 1 aliphatic rings. The molecule has 0 N–H and O–H groups in total. The second-order valence-electron chi connectivity index (χ2n) is 5.56. The molecule has 24 heavy (non-hydrogen) atoms. The van der Waals surface area contributed by atoms with E-state index >= 15 is 0 Å².